The van der Waals surface area contributed by atoms with Crippen LogP contribution in [0.1, 0.15) is 44.7 Å². The number of aromatic nitrogens is 2. The molecule has 0 aliphatic heterocycles. The number of nitrogens with zero attached hydrogens (tertiary/aromatic N) is 2. The summed E-state index contributed by atoms with van der Waals surface area (Å²) in [5, 5.41) is 1.18. The van der Waals surface area contributed by atoms with Gasteiger partial charge in [0.1, 0.15) is 0 Å². The van der Waals surface area contributed by atoms with Crippen molar-refractivity contribution >= 4 is 21.9 Å². The van der Waals surface area contributed by atoms with Crippen molar-refractivity contribution in [1.82, 2.24) is 14.3 Å². The number of hydrogen-bond donors (Lipinski definition) is 1. The van der Waals surface area contributed by atoms with E-state index in [0.717, 1.165) is 35.4 Å². The SMILES string of the molecule is CC(C)(C)Cn1cc(CNS(=O)C2CC2)c2ccc(-c3ncccc3C(F)(F)F)cc21. The molecule has 1 aliphatic rings. The maximum Gasteiger partial charge on any atom is 0.418 e. The summed E-state index contributed by atoms with van der Waals surface area (Å²) >= 11 is 0. The molecule has 1 aliphatic carbocycles. The fraction of sp³-hybridized carbons (Fsp3) is 0.435. The Bertz CT molecular complexity index is 1130. The summed E-state index contributed by atoms with van der Waals surface area (Å²) in [7, 11) is -1.06. The third kappa shape index (κ3) is 5.01. The van der Waals surface area contributed by atoms with Gasteiger partial charge in [0, 0.05) is 47.2 Å². The number of hydrogen-bond acceptors (Lipinski definition) is 2. The summed E-state index contributed by atoms with van der Waals surface area (Å²) < 4.78 is 57.9. The number of fused-ring (bicyclic) bond motifs is 1. The van der Waals surface area contributed by atoms with E-state index in [1.165, 1.54) is 12.3 Å². The smallest absolute Gasteiger partial charge is 0.347 e. The average Bonchev–Trinajstić information content (AvgIpc) is 3.49. The van der Waals surface area contributed by atoms with Crippen LogP contribution < -0.4 is 4.72 Å². The van der Waals surface area contributed by atoms with Crippen molar-refractivity contribution in [2.45, 2.75) is 58.1 Å². The molecule has 4 nitrogen and oxygen atoms in total. The lowest BCUT2D eigenvalue weighted by molar-refractivity contribution is -0.137. The van der Waals surface area contributed by atoms with E-state index in [9.17, 15) is 17.4 Å². The van der Waals surface area contributed by atoms with Crippen LogP contribution in [0.3, 0.4) is 0 Å². The molecule has 2 aromatic heterocycles. The lowest BCUT2D eigenvalue weighted by atomic mass is 9.97. The molecule has 0 saturated heterocycles. The van der Waals surface area contributed by atoms with Crippen LogP contribution in [0.15, 0.2) is 42.7 Å². The first-order valence-electron chi connectivity index (χ1n) is 10.3. The van der Waals surface area contributed by atoms with Crippen LogP contribution in [0.25, 0.3) is 22.2 Å². The predicted molar refractivity (Wildman–Crippen MR) is 118 cm³/mol. The molecule has 166 valence electrons. The fourth-order valence-electron chi connectivity index (χ4n) is 3.71. The molecule has 0 radical (unpaired) electrons. The summed E-state index contributed by atoms with van der Waals surface area (Å²) in [5.74, 6) is 0. The van der Waals surface area contributed by atoms with Crippen LogP contribution in [0, 0.1) is 5.41 Å². The normalized spacial score (nSPS) is 16.1. The maximum absolute atomic E-state index is 13.5. The molecule has 1 saturated carbocycles. The van der Waals surface area contributed by atoms with Gasteiger partial charge in [0.2, 0.25) is 0 Å². The van der Waals surface area contributed by atoms with E-state index >= 15 is 0 Å². The molecule has 1 N–H and O–H groups in total. The second-order valence-corrected chi connectivity index (χ2v) is 10.8. The molecular formula is C23H26F3N3OS. The van der Waals surface area contributed by atoms with Crippen molar-refractivity contribution in [1.29, 1.82) is 0 Å². The van der Waals surface area contributed by atoms with Gasteiger partial charge in [0.25, 0.3) is 0 Å². The standard InChI is InChI=1S/C23H26F3N3OS/c1-22(2,3)14-29-13-16(12-28-31(30)17-7-8-17)18-9-6-15(11-20(18)29)21-19(23(24,25)26)5-4-10-27-21/h4-6,9-11,13,17,28H,7-8,12,14H2,1-3H3. The van der Waals surface area contributed by atoms with Gasteiger partial charge in [-0.25, -0.2) is 8.93 Å². The number of rotatable bonds is 6. The van der Waals surface area contributed by atoms with Crippen molar-refractivity contribution in [3.63, 3.8) is 0 Å². The largest absolute Gasteiger partial charge is 0.418 e. The molecule has 1 fully saturated rings. The lowest BCUT2D eigenvalue weighted by Gasteiger charge is -2.20. The van der Waals surface area contributed by atoms with Crippen LogP contribution >= 0.6 is 0 Å². The Labute approximate surface area is 182 Å². The van der Waals surface area contributed by atoms with Crippen LogP contribution in [-0.4, -0.2) is 19.0 Å². The van der Waals surface area contributed by atoms with Gasteiger partial charge < -0.3 is 4.57 Å². The summed E-state index contributed by atoms with van der Waals surface area (Å²) in [4.78, 5) is 4.04. The summed E-state index contributed by atoms with van der Waals surface area (Å²) in [6.07, 6.45) is 0.889. The van der Waals surface area contributed by atoms with Gasteiger partial charge in [-0.3, -0.25) is 4.98 Å². The zero-order valence-corrected chi connectivity index (χ0v) is 18.6. The Balaban J connectivity index is 1.77. The van der Waals surface area contributed by atoms with Crippen molar-refractivity contribution in [2.24, 2.45) is 5.41 Å². The van der Waals surface area contributed by atoms with E-state index in [2.05, 4.69) is 35.0 Å². The number of benzene rings is 1. The average molecular weight is 450 g/mol. The molecule has 1 aromatic carbocycles. The molecule has 0 bridgehead atoms. The van der Waals surface area contributed by atoms with Crippen molar-refractivity contribution in [3.05, 3.63) is 53.9 Å². The molecule has 2 heterocycles. The minimum atomic E-state index is -4.48. The van der Waals surface area contributed by atoms with Gasteiger partial charge in [-0.1, -0.05) is 32.9 Å². The van der Waals surface area contributed by atoms with Crippen LogP contribution in [0.2, 0.25) is 0 Å². The minimum Gasteiger partial charge on any atom is -0.347 e. The first-order chi connectivity index (χ1) is 14.5. The summed E-state index contributed by atoms with van der Waals surface area (Å²) in [6.45, 7) is 7.50. The molecule has 1 atom stereocenters. The quantitative estimate of drug-likeness (QED) is 0.526. The van der Waals surface area contributed by atoms with Gasteiger partial charge in [-0.05, 0) is 42.0 Å². The van der Waals surface area contributed by atoms with Crippen molar-refractivity contribution in [2.75, 3.05) is 0 Å². The van der Waals surface area contributed by atoms with E-state index < -0.39 is 22.7 Å². The molecule has 4 rings (SSSR count). The number of nitrogens with one attached hydrogen (secondary N) is 1. The fourth-order valence-corrected chi connectivity index (χ4v) is 4.81. The summed E-state index contributed by atoms with van der Waals surface area (Å²) in [5.41, 5.74) is 1.41. The first kappa shape index (κ1) is 22.0. The van der Waals surface area contributed by atoms with Gasteiger partial charge in [-0.15, -0.1) is 0 Å². The zero-order chi connectivity index (χ0) is 22.4. The minimum absolute atomic E-state index is 0.0222. The Morgan fingerprint density at radius 2 is 1.94 bits per heavy atom. The first-order valence-corrected chi connectivity index (χ1v) is 11.5. The summed E-state index contributed by atoms with van der Waals surface area (Å²) in [6, 6.07) is 7.67. The predicted octanol–water partition coefficient (Wildman–Crippen LogP) is 5.68. The third-order valence-corrected chi connectivity index (χ3v) is 6.73. The third-order valence-electron chi connectivity index (χ3n) is 5.23. The van der Waals surface area contributed by atoms with Crippen molar-refractivity contribution in [3.8, 4) is 11.3 Å². The van der Waals surface area contributed by atoms with E-state index in [1.54, 1.807) is 12.1 Å². The molecule has 1 unspecified atom stereocenters. The van der Waals surface area contributed by atoms with Gasteiger partial charge in [0.05, 0.1) is 22.2 Å². The highest BCUT2D eigenvalue weighted by Gasteiger charge is 2.34. The molecule has 3 aromatic rings. The molecular weight excluding hydrogens is 423 g/mol. The second-order valence-electron chi connectivity index (χ2n) is 9.29. The highest BCUT2D eigenvalue weighted by atomic mass is 32.2. The molecule has 0 amide bonds. The van der Waals surface area contributed by atoms with Crippen LogP contribution in [0.4, 0.5) is 13.2 Å². The van der Waals surface area contributed by atoms with Gasteiger partial charge in [-0.2, -0.15) is 13.2 Å². The van der Waals surface area contributed by atoms with Crippen LogP contribution in [-0.2, 0) is 30.3 Å². The molecule has 0 spiro atoms. The van der Waals surface area contributed by atoms with E-state index in [4.69, 9.17) is 0 Å². The Kier molecular flexibility index (Phi) is 5.72. The highest BCUT2D eigenvalue weighted by molar-refractivity contribution is 7.83. The Hall–Kier alpha value is -2.19. The molecule has 31 heavy (non-hydrogen) atoms. The topological polar surface area (TPSA) is 46.9 Å². The van der Waals surface area contributed by atoms with E-state index in [0.29, 0.717) is 18.7 Å². The Morgan fingerprint density at radius 1 is 1.19 bits per heavy atom. The van der Waals surface area contributed by atoms with E-state index in [-0.39, 0.29) is 16.4 Å². The van der Waals surface area contributed by atoms with Gasteiger partial charge >= 0.3 is 6.18 Å². The van der Waals surface area contributed by atoms with Gasteiger partial charge in [0.15, 0.2) is 0 Å². The molecule has 8 heteroatoms. The lowest BCUT2D eigenvalue weighted by Crippen LogP contribution is -2.19. The maximum atomic E-state index is 13.5. The number of halogens is 3. The highest BCUT2D eigenvalue weighted by Crippen LogP contribution is 2.37. The Morgan fingerprint density at radius 3 is 2.58 bits per heavy atom. The van der Waals surface area contributed by atoms with E-state index in [1.807, 2.05) is 12.3 Å². The monoisotopic (exact) mass is 449 g/mol. The second kappa shape index (κ2) is 8.06. The number of alkyl halides is 3. The van der Waals surface area contributed by atoms with Crippen molar-refractivity contribution < 1.29 is 17.4 Å². The van der Waals surface area contributed by atoms with Crippen LogP contribution in [0.5, 0.6) is 0 Å². The zero-order valence-electron chi connectivity index (χ0n) is 17.8. The number of pyridine rings is 1.